The minimum atomic E-state index is -3.62. The molecule has 1 aromatic carbocycles. The van der Waals surface area contributed by atoms with Gasteiger partial charge in [0.25, 0.3) is 11.6 Å². The second-order valence-corrected chi connectivity index (χ2v) is 5.63. The number of primary sulfonamides is 1. The number of carbonyl (C=O) groups is 1. The Bertz CT molecular complexity index is 632. The number of nitro benzene ring substituents is 1. The summed E-state index contributed by atoms with van der Waals surface area (Å²) in [6.45, 7) is -0.0240. The highest BCUT2D eigenvalue weighted by atomic mass is 32.2. The number of hydrogen-bond acceptors (Lipinski definition) is 5. The molecule has 3 N–H and O–H groups in total. The molecular formula is C10H12FN3O5S. The standard InChI is InChI=1S/C10H12FN3O5S/c11-7-2-3-8(9(6-7)14(16)17)10(15)13-4-1-5-20(12,18)19/h2-3,6H,1,4-5H2,(H,13,15)(H2,12,18,19). The lowest BCUT2D eigenvalue weighted by Crippen LogP contribution is -2.27. The Labute approximate surface area is 114 Å². The van der Waals surface area contributed by atoms with Gasteiger partial charge >= 0.3 is 0 Å². The highest BCUT2D eigenvalue weighted by molar-refractivity contribution is 7.89. The number of hydrogen-bond donors (Lipinski definition) is 2. The van der Waals surface area contributed by atoms with Crippen molar-refractivity contribution >= 4 is 21.6 Å². The largest absolute Gasteiger partial charge is 0.352 e. The van der Waals surface area contributed by atoms with Crippen LogP contribution in [0.1, 0.15) is 16.8 Å². The Morgan fingerprint density at radius 3 is 2.65 bits per heavy atom. The zero-order valence-electron chi connectivity index (χ0n) is 10.2. The van der Waals surface area contributed by atoms with Crippen molar-refractivity contribution < 1.29 is 22.5 Å². The molecule has 0 atom stereocenters. The second kappa shape index (κ2) is 6.39. The number of benzene rings is 1. The molecule has 1 rings (SSSR count). The van der Waals surface area contributed by atoms with Crippen LogP contribution in [0.5, 0.6) is 0 Å². The number of nitrogens with zero attached hydrogens (tertiary/aromatic N) is 1. The molecule has 0 radical (unpaired) electrons. The maximum atomic E-state index is 12.9. The first-order chi connectivity index (χ1) is 9.20. The smallest absolute Gasteiger partial charge is 0.285 e. The topological polar surface area (TPSA) is 132 Å². The summed E-state index contributed by atoms with van der Waals surface area (Å²) in [5.74, 6) is -1.94. The molecule has 20 heavy (non-hydrogen) atoms. The normalized spacial score (nSPS) is 11.1. The van der Waals surface area contributed by atoms with Crippen LogP contribution in [0.4, 0.5) is 10.1 Å². The Morgan fingerprint density at radius 2 is 2.10 bits per heavy atom. The van der Waals surface area contributed by atoms with Crippen molar-refractivity contribution in [2.24, 2.45) is 5.14 Å². The van der Waals surface area contributed by atoms with E-state index in [1.165, 1.54) is 0 Å². The average Bonchev–Trinajstić information content (AvgIpc) is 2.33. The van der Waals surface area contributed by atoms with Gasteiger partial charge in [-0.3, -0.25) is 14.9 Å². The van der Waals surface area contributed by atoms with E-state index in [-0.39, 0.29) is 24.3 Å². The molecular weight excluding hydrogens is 293 g/mol. The van der Waals surface area contributed by atoms with Crippen molar-refractivity contribution in [1.29, 1.82) is 0 Å². The molecule has 1 aromatic rings. The van der Waals surface area contributed by atoms with E-state index < -0.39 is 32.4 Å². The van der Waals surface area contributed by atoms with Crippen LogP contribution in [0.25, 0.3) is 0 Å². The van der Waals surface area contributed by atoms with Gasteiger partial charge in [-0.2, -0.15) is 0 Å². The predicted molar refractivity (Wildman–Crippen MR) is 68.0 cm³/mol. The summed E-state index contributed by atoms with van der Waals surface area (Å²) in [5.41, 5.74) is -0.957. The van der Waals surface area contributed by atoms with E-state index in [1.54, 1.807) is 0 Å². The minimum absolute atomic E-state index is 0.0240. The van der Waals surface area contributed by atoms with Crippen molar-refractivity contribution in [2.45, 2.75) is 6.42 Å². The lowest BCUT2D eigenvalue weighted by atomic mass is 10.1. The van der Waals surface area contributed by atoms with Gasteiger partial charge in [0.15, 0.2) is 0 Å². The number of halogens is 1. The Kier molecular flexibility index (Phi) is 5.11. The summed E-state index contributed by atoms with van der Waals surface area (Å²) in [7, 11) is -3.62. The fourth-order valence-electron chi connectivity index (χ4n) is 1.42. The monoisotopic (exact) mass is 305 g/mol. The summed E-state index contributed by atoms with van der Waals surface area (Å²) in [6, 6.07) is 2.55. The number of rotatable bonds is 6. The zero-order chi connectivity index (χ0) is 15.3. The van der Waals surface area contributed by atoms with Gasteiger partial charge < -0.3 is 5.32 Å². The maximum absolute atomic E-state index is 12.9. The van der Waals surface area contributed by atoms with E-state index in [0.29, 0.717) is 6.07 Å². The lowest BCUT2D eigenvalue weighted by Gasteiger charge is -2.05. The predicted octanol–water partition coefficient (Wildman–Crippen LogP) is 0.142. The van der Waals surface area contributed by atoms with Crippen LogP contribution in [0.15, 0.2) is 18.2 Å². The summed E-state index contributed by atoms with van der Waals surface area (Å²) in [4.78, 5) is 21.5. The summed E-state index contributed by atoms with van der Waals surface area (Å²) < 4.78 is 34.2. The molecule has 0 aliphatic rings. The molecule has 0 heterocycles. The molecule has 0 spiro atoms. The highest BCUT2D eigenvalue weighted by Gasteiger charge is 2.20. The Balaban J connectivity index is 2.71. The molecule has 0 aliphatic heterocycles. The summed E-state index contributed by atoms with van der Waals surface area (Å²) >= 11 is 0. The number of amides is 1. The molecule has 0 fully saturated rings. The van der Waals surface area contributed by atoms with Gasteiger partial charge in [-0.25, -0.2) is 17.9 Å². The van der Waals surface area contributed by atoms with Crippen LogP contribution in [-0.4, -0.2) is 31.5 Å². The third-order valence-corrected chi connectivity index (χ3v) is 3.15. The third-order valence-electron chi connectivity index (χ3n) is 2.29. The third kappa shape index (κ3) is 4.90. The summed E-state index contributed by atoms with van der Waals surface area (Å²) in [6.07, 6.45) is 0.0690. The quantitative estimate of drug-likeness (QED) is 0.438. The minimum Gasteiger partial charge on any atom is -0.352 e. The van der Waals surface area contributed by atoms with E-state index in [4.69, 9.17) is 5.14 Å². The van der Waals surface area contributed by atoms with Crippen molar-refractivity contribution in [3.05, 3.63) is 39.7 Å². The van der Waals surface area contributed by atoms with Crippen LogP contribution in [0.2, 0.25) is 0 Å². The molecule has 0 saturated carbocycles. The van der Waals surface area contributed by atoms with E-state index >= 15 is 0 Å². The van der Waals surface area contributed by atoms with E-state index in [2.05, 4.69) is 5.32 Å². The van der Waals surface area contributed by atoms with Crippen LogP contribution < -0.4 is 10.5 Å². The first kappa shape index (κ1) is 16.0. The fraction of sp³-hybridized carbons (Fsp3) is 0.300. The maximum Gasteiger partial charge on any atom is 0.285 e. The van der Waals surface area contributed by atoms with Crippen LogP contribution >= 0.6 is 0 Å². The van der Waals surface area contributed by atoms with Crippen LogP contribution in [0.3, 0.4) is 0 Å². The van der Waals surface area contributed by atoms with E-state index in [0.717, 1.165) is 12.1 Å². The van der Waals surface area contributed by atoms with Crippen molar-refractivity contribution in [3.63, 3.8) is 0 Å². The molecule has 0 aromatic heterocycles. The SMILES string of the molecule is NS(=O)(=O)CCCNC(=O)c1ccc(F)cc1[N+](=O)[O-]. The van der Waals surface area contributed by atoms with E-state index in [1.807, 2.05) is 0 Å². The number of sulfonamides is 1. The number of carbonyl (C=O) groups excluding carboxylic acids is 1. The van der Waals surface area contributed by atoms with Gasteiger partial charge in [-0.15, -0.1) is 0 Å². The first-order valence-corrected chi connectivity index (χ1v) is 7.15. The molecule has 10 heteroatoms. The highest BCUT2D eigenvalue weighted by Crippen LogP contribution is 2.19. The van der Waals surface area contributed by atoms with Gasteiger partial charge in [0.05, 0.1) is 16.7 Å². The Hall–Kier alpha value is -2.07. The molecule has 1 amide bonds. The molecule has 0 saturated heterocycles. The van der Waals surface area contributed by atoms with Gasteiger partial charge in [0.2, 0.25) is 10.0 Å². The average molecular weight is 305 g/mol. The first-order valence-electron chi connectivity index (χ1n) is 5.43. The van der Waals surface area contributed by atoms with Gasteiger partial charge in [0, 0.05) is 6.54 Å². The molecule has 0 bridgehead atoms. The number of nitrogens with one attached hydrogen (secondary N) is 1. The van der Waals surface area contributed by atoms with Crippen molar-refractivity contribution in [1.82, 2.24) is 5.32 Å². The molecule has 0 unspecified atom stereocenters. The number of nitrogens with two attached hydrogens (primary N) is 1. The fourth-order valence-corrected chi connectivity index (χ4v) is 1.97. The van der Waals surface area contributed by atoms with Crippen LogP contribution in [-0.2, 0) is 10.0 Å². The van der Waals surface area contributed by atoms with Crippen LogP contribution in [0, 0.1) is 15.9 Å². The van der Waals surface area contributed by atoms with Gasteiger partial charge in [-0.05, 0) is 18.6 Å². The molecule has 0 aliphatic carbocycles. The zero-order valence-corrected chi connectivity index (χ0v) is 11.0. The van der Waals surface area contributed by atoms with Gasteiger partial charge in [0.1, 0.15) is 11.4 Å². The van der Waals surface area contributed by atoms with Gasteiger partial charge in [-0.1, -0.05) is 0 Å². The number of nitro groups is 1. The van der Waals surface area contributed by atoms with Crippen molar-refractivity contribution in [3.8, 4) is 0 Å². The van der Waals surface area contributed by atoms with Crippen molar-refractivity contribution in [2.75, 3.05) is 12.3 Å². The molecule has 8 nitrogen and oxygen atoms in total. The summed E-state index contributed by atoms with van der Waals surface area (Å²) in [5, 5.41) is 17.8. The van der Waals surface area contributed by atoms with E-state index in [9.17, 15) is 27.7 Å². The lowest BCUT2D eigenvalue weighted by molar-refractivity contribution is -0.385. The molecule has 110 valence electrons. The second-order valence-electron chi connectivity index (χ2n) is 3.90. The Morgan fingerprint density at radius 1 is 1.45 bits per heavy atom.